The number of amides is 1. The number of nitrogens with one attached hydrogen (secondary N) is 2. The Hall–Kier alpha value is -2.84. The van der Waals surface area contributed by atoms with Gasteiger partial charge in [-0.15, -0.1) is 11.3 Å². The number of hydrogen-bond acceptors (Lipinski definition) is 6. The Morgan fingerprint density at radius 2 is 2.33 bits per heavy atom. The van der Waals surface area contributed by atoms with Gasteiger partial charge in [-0.05, 0) is 17.7 Å². The molecule has 0 fully saturated rings. The van der Waals surface area contributed by atoms with E-state index >= 15 is 0 Å². The zero-order valence-corrected chi connectivity index (χ0v) is 15.6. The molecule has 4 rings (SSSR count). The number of benzene rings is 1. The van der Waals surface area contributed by atoms with Crippen LogP contribution in [-0.4, -0.2) is 39.9 Å². The number of aliphatic hydroxyl groups excluding tert-OH is 1. The molecule has 2 aromatic heterocycles. The van der Waals surface area contributed by atoms with Crippen LogP contribution in [0.15, 0.2) is 42.0 Å². The largest absolute Gasteiger partial charge is 0.493 e. The number of ether oxygens (including phenoxy) is 1. The fourth-order valence-corrected chi connectivity index (χ4v) is 3.69. The number of anilines is 1. The molecule has 1 aromatic carbocycles. The molecule has 0 bridgehead atoms. The molecule has 3 heterocycles. The Bertz CT molecular complexity index is 966. The smallest absolute Gasteiger partial charge is 0.252 e. The number of aryl methyl sites for hydroxylation is 1. The number of thiazole rings is 1. The predicted molar refractivity (Wildman–Crippen MR) is 104 cm³/mol. The fraction of sp³-hybridized carbons (Fsp3) is 0.263. The maximum atomic E-state index is 12.0. The molecule has 1 unspecified atom stereocenters. The molecule has 3 aromatic rings. The molecular weight excluding hydrogens is 364 g/mol. The van der Waals surface area contributed by atoms with E-state index in [2.05, 4.69) is 21.7 Å². The molecule has 3 N–H and O–H groups in total. The van der Waals surface area contributed by atoms with Crippen LogP contribution in [0, 0.1) is 0 Å². The summed E-state index contributed by atoms with van der Waals surface area (Å²) in [6.07, 6.45) is 3.54. The first kappa shape index (κ1) is 17.6. The molecule has 0 saturated carbocycles. The third kappa shape index (κ3) is 3.96. The highest BCUT2D eigenvalue weighted by atomic mass is 32.1. The first-order chi connectivity index (χ1) is 13.1. The number of carbonyl (C=O) groups excluding carboxylic acids is 1. The Morgan fingerprint density at radius 3 is 3.15 bits per heavy atom. The highest BCUT2D eigenvalue weighted by Crippen LogP contribution is 2.32. The van der Waals surface area contributed by atoms with Crippen LogP contribution in [0.3, 0.4) is 0 Å². The van der Waals surface area contributed by atoms with Crippen LogP contribution in [-0.2, 0) is 13.5 Å². The summed E-state index contributed by atoms with van der Waals surface area (Å²) in [6.45, 7) is 0.804. The SMILES string of the molecule is Cn1ccc(C(=O)NCC(O)Nc2nc(-c3ccc4c(c3)OCC4)cs2)c1. The number of carbonyl (C=O) groups is 1. The van der Waals surface area contributed by atoms with Crippen LogP contribution in [0.2, 0.25) is 0 Å². The van der Waals surface area contributed by atoms with Gasteiger partial charge in [-0.1, -0.05) is 12.1 Å². The maximum absolute atomic E-state index is 12.0. The number of nitrogens with zero attached hydrogens (tertiary/aromatic N) is 2. The molecule has 1 aliphatic heterocycles. The van der Waals surface area contributed by atoms with Crippen molar-refractivity contribution in [3.05, 3.63) is 53.2 Å². The molecule has 0 saturated heterocycles. The van der Waals surface area contributed by atoms with Crippen molar-refractivity contribution in [3.8, 4) is 17.0 Å². The molecule has 140 valence electrons. The van der Waals surface area contributed by atoms with Crippen molar-refractivity contribution in [2.45, 2.75) is 12.6 Å². The van der Waals surface area contributed by atoms with Gasteiger partial charge in [0, 0.05) is 36.8 Å². The van der Waals surface area contributed by atoms with E-state index in [-0.39, 0.29) is 12.5 Å². The van der Waals surface area contributed by atoms with Gasteiger partial charge < -0.3 is 25.0 Å². The summed E-state index contributed by atoms with van der Waals surface area (Å²) in [6, 6.07) is 7.82. The number of fused-ring (bicyclic) bond motifs is 1. The van der Waals surface area contributed by atoms with E-state index in [4.69, 9.17) is 4.74 Å². The third-order valence-electron chi connectivity index (χ3n) is 4.34. The monoisotopic (exact) mass is 384 g/mol. The maximum Gasteiger partial charge on any atom is 0.252 e. The summed E-state index contributed by atoms with van der Waals surface area (Å²) in [5.41, 5.74) is 3.57. The van der Waals surface area contributed by atoms with Crippen LogP contribution < -0.4 is 15.4 Å². The second kappa shape index (κ2) is 7.42. The van der Waals surface area contributed by atoms with Gasteiger partial charge in [-0.2, -0.15) is 0 Å². The molecule has 1 atom stereocenters. The molecule has 8 heteroatoms. The standard InChI is InChI=1S/C19H20N4O3S/c1-23-6-4-14(10-23)18(25)20-9-17(24)22-19-21-15(11-27-19)13-3-2-12-5-7-26-16(12)8-13/h2-4,6,8,10-11,17,24H,5,7,9H2,1H3,(H,20,25)(H,21,22). The summed E-state index contributed by atoms with van der Waals surface area (Å²) in [5.74, 6) is 0.688. The topological polar surface area (TPSA) is 88.4 Å². The van der Waals surface area contributed by atoms with E-state index in [0.29, 0.717) is 10.7 Å². The van der Waals surface area contributed by atoms with Crippen molar-refractivity contribution in [3.63, 3.8) is 0 Å². The minimum Gasteiger partial charge on any atom is -0.493 e. The molecule has 7 nitrogen and oxygen atoms in total. The zero-order valence-electron chi connectivity index (χ0n) is 14.8. The number of aliphatic hydroxyl groups is 1. The summed E-state index contributed by atoms with van der Waals surface area (Å²) in [5, 5.41) is 18.2. The van der Waals surface area contributed by atoms with Gasteiger partial charge in [-0.3, -0.25) is 4.79 Å². The van der Waals surface area contributed by atoms with Gasteiger partial charge >= 0.3 is 0 Å². The predicted octanol–water partition coefficient (Wildman–Crippen LogP) is 2.24. The lowest BCUT2D eigenvalue weighted by Gasteiger charge is -2.12. The average Bonchev–Trinajstić information content (AvgIpc) is 3.39. The molecule has 27 heavy (non-hydrogen) atoms. The van der Waals surface area contributed by atoms with Crippen molar-refractivity contribution in [1.29, 1.82) is 0 Å². The lowest BCUT2D eigenvalue weighted by atomic mass is 10.1. The summed E-state index contributed by atoms with van der Waals surface area (Å²) < 4.78 is 7.40. The fourth-order valence-electron chi connectivity index (χ4n) is 2.92. The Balaban J connectivity index is 1.34. The van der Waals surface area contributed by atoms with Crippen molar-refractivity contribution in [2.75, 3.05) is 18.5 Å². The minimum absolute atomic E-state index is 0.0787. The second-order valence-corrected chi connectivity index (χ2v) is 7.25. The molecule has 1 aliphatic rings. The highest BCUT2D eigenvalue weighted by Gasteiger charge is 2.15. The van der Waals surface area contributed by atoms with Crippen molar-refractivity contribution in [2.24, 2.45) is 7.05 Å². The molecule has 0 spiro atoms. The van der Waals surface area contributed by atoms with Gasteiger partial charge in [0.25, 0.3) is 5.91 Å². The van der Waals surface area contributed by atoms with E-state index in [9.17, 15) is 9.90 Å². The Labute approximate surface area is 160 Å². The lowest BCUT2D eigenvalue weighted by molar-refractivity contribution is 0.0927. The van der Waals surface area contributed by atoms with E-state index in [1.807, 2.05) is 24.6 Å². The normalized spacial score (nSPS) is 13.7. The van der Waals surface area contributed by atoms with Crippen LogP contribution in [0.25, 0.3) is 11.3 Å². The van der Waals surface area contributed by atoms with Gasteiger partial charge in [0.15, 0.2) is 5.13 Å². The van der Waals surface area contributed by atoms with Crippen molar-refractivity contribution < 1.29 is 14.6 Å². The Kier molecular flexibility index (Phi) is 4.83. The number of aromatic nitrogens is 2. The quantitative estimate of drug-likeness (QED) is 0.567. The number of hydrogen-bond donors (Lipinski definition) is 3. The first-order valence-corrected chi connectivity index (χ1v) is 9.53. The molecule has 1 amide bonds. The van der Waals surface area contributed by atoms with Gasteiger partial charge in [0.2, 0.25) is 0 Å². The lowest BCUT2D eigenvalue weighted by Crippen LogP contribution is -2.36. The average molecular weight is 384 g/mol. The van der Waals surface area contributed by atoms with Crippen LogP contribution in [0.4, 0.5) is 5.13 Å². The van der Waals surface area contributed by atoms with Gasteiger partial charge in [-0.25, -0.2) is 4.98 Å². The zero-order chi connectivity index (χ0) is 18.8. The summed E-state index contributed by atoms with van der Waals surface area (Å²) in [7, 11) is 1.85. The minimum atomic E-state index is -0.931. The van der Waals surface area contributed by atoms with E-state index in [1.54, 1.807) is 23.0 Å². The van der Waals surface area contributed by atoms with Crippen LogP contribution in [0.5, 0.6) is 5.75 Å². The number of rotatable bonds is 6. The Morgan fingerprint density at radius 1 is 1.44 bits per heavy atom. The van der Waals surface area contributed by atoms with E-state index in [1.165, 1.54) is 16.9 Å². The first-order valence-electron chi connectivity index (χ1n) is 8.65. The van der Waals surface area contributed by atoms with E-state index < -0.39 is 6.23 Å². The van der Waals surface area contributed by atoms with Crippen LogP contribution in [0.1, 0.15) is 15.9 Å². The highest BCUT2D eigenvalue weighted by molar-refractivity contribution is 7.14. The second-order valence-electron chi connectivity index (χ2n) is 6.39. The van der Waals surface area contributed by atoms with E-state index in [0.717, 1.165) is 30.0 Å². The van der Waals surface area contributed by atoms with Crippen molar-refractivity contribution in [1.82, 2.24) is 14.9 Å². The molecule has 0 radical (unpaired) electrons. The van der Waals surface area contributed by atoms with Gasteiger partial charge in [0.1, 0.15) is 12.0 Å². The van der Waals surface area contributed by atoms with Crippen LogP contribution >= 0.6 is 11.3 Å². The third-order valence-corrected chi connectivity index (χ3v) is 5.11. The van der Waals surface area contributed by atoms with Crippen molar-refractivity contribution >= 4 is 22.4 Å². The molecular formula is C19H20N4O3S. The summed E-state index contributed by atoms with van der Waals surface area (Å²) >= 11 is 1.40. The summed E-state index contributed by atoms with van der Waals surface area (Å²) in [4.78, 5) is 16.5. The molecule has 0 aliphatic carbocycles. The van der Waals surface area contributed by atoms with Gasteiger partial charge in [0.05, 0.1) is 24.4 Å².